The Morgan fingerprint density at radius 3 is 1.75 bits per heavy atom. The van der Waals surface area contributed by atoms with Crippen LogP contribution in [0, 0.1) is 0 Å². The zero-order valence-electron chi connectivity index (χ0n) is 23.4. The first-order valence-electron chi connectivity index (χ1n) is 14.8. The summed E-state index contributed by atoms with van der Waals surface area (Å²) >= 11 is 0. The maximum atomic E-state index is 11.7. The van der Waals surface area contributed by atoms with Gasteiger partial charge in [0.05, 0.1) is 13.2 Å². The molecule has 0 bridgehead atoms. The van der Waals surface area contributed by atoms with E-state index < -0.39 is 12.0 Å². The second kappa shape index (κ2) is 23.9. The number of nitrogens with two attached hydrogens (primary N) is 1. The SMILES string of the molecule is CCCCCCCCCCCCCCCCCCOCC(COC(=O)[C@H](C)N)OCc1ccccc1. The summed E-state index contributed by atoms with van der Waals surface area (Å²) in [7, 11) is 0. The summed E-state index contributed by atoms with van der Waals surface area (Å²) < 4.78 is 17.1. The lowest BCUT2D eigenvalue weighted by molar-refractivity contribution is -0.151. The number of carbonyl (C=O) groups is 1. The minimum absolute atomic E-state index is 0.159. The summed E-state index contributed by atoms with van der Waals surface area (Å²) in [6, 6.07) is 9.35. The van der Waals surface area contributed by atoms with Crippen LogP contribution in [-0.2, 0) is 25.6 Å². The van der Waals surface area contributed by atoms with Gasteiger partial charge in [0.15, 0.2) is 0 Å². The Morgan fingerprint density at radius 2 is 1.25 bits per heavy atom. The molecule has 0 aliphatic rings. The quantitative estimate of drug-likeness (QED) is 0.109. The number of ether oxygens (including phenoxy) is 3. The number of esters is 1. The molecular weight excluding hydrogens is 450 g/mol. The van der Waals surface area contributed by atoms with Gasteiger partial charge >= 0.3 is 5.97 Å². The Balaban J connectivity index is 1.99. The Morgan fingerprint density at radius 1 is 0.750 bits per heavy atom. The lowest BCUT2D eigenvalue weighted by Gasteiger charge is -2.19. The molecule has 0 saturated carbocycles. The second-order valence-corrected chi connectivity index (χ2v) is 10.2. The van der Waals surface area contributed by atoms with E-state index in [1.165, 1.54) is 96.3 Å². The number of carbonyl (C=O) groups excluding carboxylic acids is 1. The fourth-order valence-electron chi connectivity index (χ4n) is 4.21. The summed E-state index contributed by atoms with van der Waals surface area (Å²) in [4.78, 5) is 11.7. The molecule has 1 aromatic carbocycles. The molecule has 0 amide bonds. The summed E-state index contributed by atoms with van der Waals surface area (Å²) in [6.45, 7) is 5.65. The lowest BCUT2D eigenvalue weighted by atomic mass is 10.0. The van der Waals surface area contributed by atoms with Crippen LogP contribution < -0.4 is 5.73 Å². The molecular formula is C31H55NO4. The van der Waals surface area contributed by atoms with Crippen molar-refractivity contribution in [2.45, 2.75) is 135 Å². The number of rotatable bonds is 25. The first kappa shape index (κ1) is 32.6. The van der Waals surface area contributed by atoms with Crippen LogP contribution in [0.15, 0.2) is 30.3 Å². The van der Waals surface area contributed by atoms with Gasteiger partial charge in [-0.1, -0.05) is 134 Å². The Labute approximate surface area is 221 Å². The van der Waals surface area contributed by atoms with Crippen LogP contribution in [0.5, 0.6) is 0 Å². The predicted molar refractivity (Wildman–Crippen MR) is 150 cm³/mol. The smallest absolute Gasteiger partial charge is 0.322 e. The molecule has 1 unspecified atom stereocenters. The van der Waals surface area contributed by atoms with Crippen molar-refractivity contribution < 1.29 is 19.0 Å². The molecule has 208 valence electrons. The summed E-state index contributed by atoms with van der Waals surface area (Å²) in [5.41, 5.74) is 6.67. The van der Waals surface area contributed by atoms with E-state index in [-0.39, 0.29) is 12.7 Å². The van der Waals surface area contributed by atoms with Gasteiger partial charge in [-0.05, 0) is 18.9 Å². The third-order valence-corrected chi connectivity index (χ3v) is 6.56. The molecule has 0 aliphatic carbocycles. The fraction of sp³-hybridized carbons (Fsp3) is 0.774. The normalized spacial score (nSPS) is 13.0. The van der Waals surface area contributed by atoms with Gasteiger partial charge in [-0.2, -0.15) is 0 Å². The molecule has 5 heteroatoms. The van der Waals surface area contributed by atoms with Crippen molar-refractivity contribution in [2.24, 2.45) is 5.73 Å². The second-order valence-electron chi connectivity index (χ2n) is 10.2. The Bertz CT molecular complexity index is 608. The molecule has 0 aromatic heterocycles. The number of hydrogen-bond acceptors (Lipinski definition) is 5. The van der Waals surface area contributed by atoms with E-state index in [1.807, 2.05) is 30.3 Å². The van der Waals surface area contributed by atoms with E-state index >= 15 is 0 Å². The van der Waals surface area contributed by atoms with E-state index in [0.717, 1.165) is 12.0 Å². The highest BCUT2D eigenvalue weighted by molar-refractivity contribution is 5.74. The Hall–Kier alpha value is -1.43. The zero-order chi connectivity index (χ0) is 26.1. The molecule has 2 N–H and O–H groups in total. The molecule has 0 fully saturated rings. The zero-order valence-corrected chi connectivity index (χ0v) is 23.4. The average molecular weight is 506 g/mol. The standard InChI is InChI=1S/C31H55NO4/c1-3-4-5-6-7-8-9-10-11-12-13-14-15-16-17-21-24-34-26-30(27-36-31(33)28(2)32)35-25-29-22-19-18-20-23-29/h18-20,22-23,28,30H,3-17,21,24-27,32H2,1-2H3/t28-,30?/m0/s1. The average Bonchev–Trinajstić information content (AvgIpc) is 2.89. The van der Waals surface area contributed by atoms with E-state index in [0.29, 0.717) is 19.8 Å². The van der Waals surface area contributed by atoms with Gasteiger partial charge in [0.1, 0.15) is 18.8 Å². The highest BCUT2D eigenvalue weighted by Gasteiger charge is 2.15. The lowest BCUT2D eigenvalue weighted by Crippen LogP contribution is -2.33. The number of benzene rings is 1. The van der Waals surface area contributed by atoms with Gasteiger partial charge in [-0.15, -0.1) is 0 Å². The third kappa shape index (κ3) is 19.7. The van der Waals surface area contributed by atoms with Crippen LogP contribution in [-0.4, -0.2) is 37.9 Å². The van der Waals surface area contributed by atoms with Gasteiger partial charge in [-0.3, -0.25) is 4.79 Å². The molecule has 0 saturated heterocycles. The summed E-state index contributed by atoms with van der Waals surface area (Å²) in [5.74, 6) is -0.416. The molecule has 1 rings (SSSR count). The van der Waals surface area contributed by atoms with Crippen LogP contribution in [0.1, 0.15) is 122 Å². The van der Waals surface area contributed by atoms with E-state index in [1.54, 1.807) is 6.92 Å². The number of hydrogen-bond donors (Lipinski definition) is 1. The fourth-order valence-corrected chi connectivity index (χ4v) is 4.21. The van der Waals surface area contributed by atoms with Crippen LogP contribution in [0.3, 0.4) is 0 Å². The maximum Gasteiger partial charge on any atom is 0.322 e. The van der Waals surface area contributed by atoms with Crippen molar-refractivity contribution in [3.05, 3.63) is 35.9 Å². The minimum atomic E-state index is -0.634. The van der Waals surface area contributed by atoms with Gasteiger partial charge in [0.25, 0.3) is 0 Å². The first-order chi connectivity index (χ1) is 17.6. The van der Waals surface area contributed by atoms with Gasteiger partial charge in [0, 0.05) is 6.61 Å². The topological polar surface area (TPSA) is 70.8 Å². The summed E-state index contributed by atoms with van der Waals surface area (Å²) in [6.07, 6.45) is 21.5. The van der Waals surface area contributed by atoms with Crippen molar-refractivity contribution >= 4 is 5.97 Å². The van der Waals surface area contributed by atoms with Crippen LogP contribution >= 0.6 is 0 Å². The highest BCUT2D eigenvalue weighted by atomic mass is 16.6. The number of unbranched alkanes of at least 4 members (excludes halogenated alkanes) is 15. The van der Waals surface area contributed by atoms with Crippen LogP contribution in [0.25, 0.3) is 0 Å². The third-order valence-electron chi connectivity index (χ3n) is 6.56. The van der Waals surface area contributed by atoms with E-state index in [2.05, 4.69) is 6.92 Å². The van der Waals surface area contributed by atoms with Crippen molar-refractivity contribution in [1.82, 2.24) is 0 Å². The Kier molecular flexibility index (Phi) is 21.7. The largest absolute Gasteiger partial charge is 0.462 e. The predicted octanol–water partition coefficient (Wildman–Crippen LogP) is 7.74. The first-order valence-corrected chi connectivity index (χ1v) is 14.8. The van der Waals surface area contributed by atoms with Gasteiger partial charge < -0.3 is 19.9 Å². The minimum Gasteiger partial charge on any atom is -0.462 e. The molecule has 36 heavy (non-hydrogen) atoms. The molecule has 0 spiro atoms. The molecule has 2 atom stereocenters. The highest BCUT2D eigenvalue weighted by Crippen LogP contribution is 2.14. The van der Waals surface area contributed by atoms with Crippen molar-refractivity contribution in [3.8, 4) is 0 Å². The molecule has 0 heterocycles. The van der Waals surface area contributed by atoms with Crippen molar-refractivity contribution in [1.29, 1.82) is 0 Å². The van der Waals surface area contributed by atoms with Crippen molar-refractivity contribution in [3.63, 3.8) is 0 Å². The molecule has 0 radical (unpaired) electrons. The van der Waals surface area contributed by atoms with Crippen molar-refractivity contribution in [2.75, 3.05) is 19.8 Å². The van der Waals surface area contributed by atoms with Gasteiger partial charge in [0.2, 0.25) is 0 Å². The summed E-state index contributed by atoms with van der Waals surface area (Å²) in [5, 5.41) is 0. The van der Waals surface area contributed by atoms with Crippen LogP contribution in [0.2, 0.25) is 0 Å². The molecule has 5 nitrogen and oxygen atoms in total. The molecule has 0 aliphatic heterocycles. The van der Waals surface area contributed by atoms with Crippen LogP contribution in [0.4, 0.5) is 0 Å². The maximum absolute atomic E-state index is 11.7. The molecule has 1 aromatic rings. The van der Waals surface area contributed by atoms with E-state index in [9.17, 15) is 4.79 Å². The van der Waals surface area contributed by atoms with Gasteiger partial charge in [-0.25, -0.2) is 0 Å². The monoisotopic (exact) mass is 505 g/mol. The van der Waals surface area contributed by atoms with E-state index in [4.69, 9.17) is 19.9 Å².